The summed E-state index contributed by atoms with van der Waals surface area (Å²) in [5.74, 6) is 0. The molecule has 1 atom stereocenters. The van der Waals surface area contributed by atoms with Gasteiger partial charge in [0.15, 0.2) is 0 Å². The zero-order valence-corrected chi connectivity index (χ0v) is 10.9. The van der Waals surface area contributed by atoms with Crippen LogP contribution in [0.3, 0.4) is 0 Å². The number of thiazole rings is 1. The topological polar surface area (TPSA) is 64.7 Å². The number of nitrogens with two attached hydrogens (primary N) is 1. The van der Waals surface area contributed by atoms with Crippen LogP contribution >= 0.6 is 11.3 Å². The summed E-state index contributed by atoms with van der Waals surface area (Å²) < 4.78 is 0. The number of nitrogens with zero attached hydrogens (tertiary/aromatic N) is 3. The first kappa shape index (κ1) is 12.0. The van der Waals surface area contributed by atoms with E-state index in [4.69, 9.17) is 5.73 Å². The minimum atomic E-state index is -0.198. The average molecular weight is 268 g/mol. The standard InChI is InChI=1S/C14H12N4S/c15-13(10-4-2-1-3-5-10)14-18-12(9-19-14)11-8-16-6-7-17-11/h1-9,13H,15H2. The quantitative estimate of drug-likeness (QED) is 0.793. The van der Waals surface area contributed by atoms with Gasteiger partial charge < -0.3 is 5.73 Å². The fourth-order valence-corrected chi connectivity index (χ4v) is 2.62. The zero-order chi connectivity index (χ0) is 13.1. The Bertz CT molecular complexity index is 651. The molecule has 94 valence electrons. The van der Waals surface area contributed by atoms with Gasteiger partial charge in [0.25, 0.3) is 0 Å². The van der Waals surface area contributed by atoms with Gasteiger partial charge in [-0.25, -0.2) is 4.98 Å². The monoisotopic (exact) mass is 268 g/mol. The number of hydrogen-bond acceptors (Lipinski definition) is 5. The van der Waals surface area contributed by atoms with E-state index in [1.165, 1.54) is 0 Å². The van der Waals surface area contributed by atoms with Gasteiger partial charge in [-0.15, -0.1) is 11.3 Å². The van der Waals surface area contributed by atoms with Crippen LogP contribution in [0.15, 0.2) is 54.3 Å². The molecule has 0 aliphatic heterocycles. The van der Waals surface area contributed by atoms with Gasteiger partial charge in [-0.1, -0.05) is 30.3 Å². The summed E-state index contributed by atoms with van der Waals surface area (Å²) in [5, 5.41) is 2.84. The van der Waals surface area contributed by atoms with Gasteiger partial charge in [0.1, 0.15) is 16.4 Å². The summed E-state index contributed by atoms with van der Waals surface area (Å²) in [5.41, 5.74) is 8.87. The molecule has 1 aromatic carbocycles. The van der Waals surface area contributed by atoms with Crippen molar-refractivity contribution < 1.29 is 0 Å². The summed E-state index contributed by atoms with van der Waals surface area (Å²) in [6.07, 6.45) is 5.00. The molecular weight excluding hydrogens is 256 g/mol. The first-order valence-corrected chi connectivity index (χ1v) is 6.75. The van der Waals surface area contributed by atoms with E-state index in [-0.39, 0.29) is 6.04 Å². The molecule has 1 unspecified atom stereocenters. The Hall–Kier alpha value is -2.11. The van der Waals surface area contributed by atoms with Crippen molar-refractivity contribution in [2.75, 3.05) is 0 Å². The van der Waals surface area contributed by atoms with Gasteiger partial charge in [-0.3, -0.25) is 9.97 Å². The van der Waals surface area contributed by atoms with E-state index < -0.39 is 0 Å². The predicted molar refractivity (Wildman–Crippen MR) is 75.6 cm³/mol. The fourth-order valence-electron chi connectivity index (χ4n) is 1.78. The maximum Gasteiger partial charge on any atom is 0.115 e. The lowest BCUT2D eigenvalue weighted by molar-refractivity contribution is 0.858. The van der Waals surface area contributed by atoms with E-state index in [2.05, 4.69) is 15.0 Å². The Morgan fingerprint density at radius 2 is 1.89 bits per heavy atom. The number of hydrogen-bond donors (Lipinski definition) is 1. The molecule has 0 amide bonds. The minimum absolute atomic E-state index is 0.198. The highest BCUT2D eigenvalue weighted by atomic mass is 32.1. The van der Waals surface area contributed by atoms with Crippen LogP contribution in [0.1, 0.15) is 16.6 Å². The molecule has 0 spiro atoms. The van der Waals surface area contributed by atoms with Crippen molar-refractivity contribution in [3.8, 4) is 11.4 Å². The van der Waals surface area contributed by atoms with Gasteiger partial charge in [0.2, 0.25) is 0 Å². The second-order valence-corrected chi connectivity index (χ2v) is 4.94. The molecule has 0 bridgehead atoms. The number of aromatic nitrogens is 3. The third-order valence-corrected chi connectivity index (χ3v) is 3.70. The molecule has 0 aliphatic rings. The SMILES string of the molecule is NC(c1ccccc1)c1nc(-c2cnccn2)cs1. The molecule has 4 nitrogen and oxygen atoms in total. The molecule has 0 radical (unpaired) electrons. The third-order valence-electron chi connectivity index (χ3n) is 2.77. The van der Waals surface area contributed by atoms with Crippen LogP contribution in [0.4, 0.5) is 0 Å². The highest BCUT2D eigenvalue weighted by Gasteiger charge is 2.14. The maximum atomic E-state index is 6.22. The van der Waals surface area contributed by atoms with Crippen LogP contribution in [-0.2, 0) is 0 Å². The van der Waals surface area contributed by atoms with Crippen LogP contribution in [0.5, 0.6) is 0 Å². The van der Waals surface area contributed by atoms with Gasteiger partial charge in [0.05, 0.1) is 12.2 Å². The molecule has 0 aliphatic carbocycles. The molecule has 0 saturated carbocycles. The molecule has 5 heteroatoms. The smallest absolute Gasteiger partial charge is 0.115 e. The lowest BCUT2D eigenvalue weighted by Gasteiger charge is -2.07. The van der Waals surface area contributed by atoms with Crippen molar-refractivity contribution in [1.82, 2.24) is 15.0 Å². The van der Waals surface area contributed by atoms with Crippen molar-refractivity contribution >= 4 is 11.3 Å². The molecule has 2 heterocycles. The third kappa shape index (κ3) is 2.52. The van der Waals surface area contributed by atoms with Gasteiger partial charge in [-0.05, 0) is 5.56 Å². The van der Waals surface area contributed by atoms with Crippen molar-refractivity contribution in [2.45, 2.75) is 6.04 Å². The molecule has 3 rings (SSSR count). The van der Waals surface area contributed by atoms with E-state index >= 15 is 0 Å². The van der Waals surface area contributed by atoms with E-state index in [0.717, 1.165) is 22.0 Å². The average Bonchev–Trinajstić information content (AvgIpc) is 2.98. The van der Waals surface area contributed by atoms with Gasteiger partial charge in [0, 0.05) is 17.8 Å². The largest absolute Gasteiger partial charge is 0.318 e. The summed E-state index contributed by atoms with van der Waals surface area (Å²) in [6, 6.07) is 9.75. The van der Waals surface area contributed by atoms with Crippen LogP contribution in [-0.4, -0.2) is 15.0 Å². The predicted octanol–water partition coefficient (Wildman–Crippen LogP) is 2.65. The molecule has 0 fully saturated rings. The Labute approximate surface area is 115 Å². The Kier molecular flexibility index (Phi) is 3.31. The second-order valence-electron chi connectivity index (χ2n) is 4.05. The highest BCUT2D eigenvalue weighted by Crippen LogP contribution is 2.26. The van der Waals surface area contributed by atoms with E-state index in [9.17, 15) is 0 Å². The van der Waals surface area contributed by atoms with E-state index in [1.807, 2.05) is 35.7 Å². The molecule has 0 saturated heterocycles. The Balaban J connectivity index is 1.90. The fraction of sp³-hybridized carbons (Fsp3) is 0.0714. The summed E-state index contributed by atoms with van der Waals surface area (Å²) in [4.78, 5) is 12.8. The van der Waals surface area contributed by atoms with Crippen LogP contribution in [0, 0.1) is 0 Å². The van der Waals surface area contributed by atoms with Crippen molar-refractivity contribution in [3.05, 3.63) is 64.9 Å². The maximum absolute atomic E-state index is 6.22. The molecule has 19 heavy (non-hydrogen) atoms. The zero-order valence-electron chi connectivity index (χ0n) is 10.1. The summed E-state index contributed by atoms with van der Waals surface area (Å²) >= 11 is 1.54. The Morgan fingerprint density at radius 3 is 2.63 bits per heavy atom. The van der Waals surface area contributed by atoms with Crippen molar-refractivity contribution in [2.24, 2.45) is 5.73 Å². The summed E-state index contributed by atoms with van der Waals surface area (Å²) in [6.45, 7) is 0. The van der Waals surface area contributed by atoms with Crippen LogP contribution in [0.25, 0.3) is 11.4 Å². The van der Waals surface area contributed by atoms with E-state index in [1.54, 1.807) is 29.9 Å². The number of rotatable bonds is 3. The van der Waals surface area contributed by atoms with Crippen LogP contribution in [0.2, 0.25) is 0 Å². The Morgan fingerprint density at radius 1 is 1.05 bits per heavy atom. The summed E-state index contributed by atoms with van der Waals surface area (Å²) in [7, 11) is 0. The lowest BCUT2D eigenvalue weighted by atomic mass is 10.1. The second kappa shape index (κ2) is 5.26. The van der Waals surface area contributed by atoms with Gasteiger partial charge >= 0.3 is 0 Å². The lowest BCUT2D eigenvalue weighted by Crippen LogP contribution is -2.11. The van der Waals surface area contributed by atoms with Crippen LogP contribution < -0.4 is 5.73 Å². The van der Waals surface area contributed by atoms with E-state index in [0.29, 0.717) is 0 Å². The molecule has 2 aromatic heterocycles. The first-order chi connectivity index (χ1) is 9.34. The molecule has 2 N–H and O–H groups in total. The van der Waals surface area contributed by atoms with Gasteiger partial charge in [-0.2, -0.15) is 0 Å². The minimum Gasteiger partial charge on any atom is -0.318 e. The molecule has 3 aromatic rings. The highest BCUT2D eigenvalue weighted by molar-refractivity contribution is 7.10. The number of benzene rings is 1. The normalized spacial score (nSPS) is 12.3. The molecular formula is C14H12N4S. The first-order valence-electron chi connectivity index (χ1n) is 5.87. The van der Waals surface area contributed by atoms with Crippen molar-refractivity contribution in [3.63, 3.8) is 0 Å². The van der Waals surface area contributed by atoms with Crippen molar-refractivity contribution in [1.29, 1.82) is 0 Å².